The summed E-state index contributed by atoms with van der Waals surface area (Å²) in [5.74, 6) is 0.206. The van der Waals surface area contributed by atoms with Crippen LogP contribution in [-0.4, -0.2) is 45.1 Å². The fourth-order valence-electron chi connectivity index (χ4n) is 3.80. The second-order valence-electron chi connectivity index (χ2n) is 6.74. The van der Waals surface area contributed by atoms with Gasteiger partial charge >= 0.3 is 0 Å². The quantitative estimate of drug-likeness (QED) is 0.901. The lowest BCUT2D eigenvalue weighted by atomic mass is 9.82. The average molecular weight is 328 g/mol. The zero-order chi connectivity index (χ0) is 16.7. The van der Waals surface area contributed by atoms with Crippen molar-refractivity contribution in [2.24, 2.45) is 7.05 Å². The largest absolute Gasteiger partial charge is 0.459 e. The summed E-state index contributed by atoms with van der Waals surface area (Å²) < 4.78 is 6.91. The molecule has 0 bridgehead atoms. The van der Waals surface area contributed by atoms with Gasteiger partial charge in [0.15, 0.2) is 5.76 Å². The topological polar surface area (TPSA) is 80.4 Å². The summed E-state index contributed by atoms with van der Waals surface area (Å²) in [6, 6.07) is 3.40. The second-order valence-corrected chi connectivity index (χ2v) is 6.74. The number of hydrogen-bond acceptors (Lipinski definition) is 4. The van der Waals surface area contributed by atoms with E-state index in [1.807, 2.05) is 13.2 Å². The van der Waals surface area contributed by atoms with Crippen LogP contribution in [0.25, 0.3) is 0 Å². The Kier molecular flexibility index (Phi) is 3.44. The van der Waals surface area contributed by atoms with Crippen molar-refractivity contribution in [2.75, 3.05) is 13.1 Å². The van der Waals surface area contributed by atoms with Gasteiger partial charge in [0.2, 0.25) is 5.91 Å². The molecule has 2 amide bonds. The van der Waals surface area contributed by atoms with Gasteiger partial charge in [0, 0.05) is 37.4 Å². The Morgan fingerprint density at radius 2 is 2.21 bits per heavy atom. The molecule has 2 saturated heterocycles. The molecule has 0 aromatic carbocycles. The van der Waals surface area contributed by atoms with E-state index in [0.717, 1.165) is 24.8 Å². The molecule has 0 unspecified atom stereocenters. The number of nitrogens with one attached hydrogen (secondary N) is 1. The van der Waals surface area contributed by atoms with Crippen molar-refractivity contribution in [2.45, 2.75) is 30.7 Å². The first-order valence-electron chi connectivity index (χ1n) is 8.20. The van der Waals surface area contributed by atoms with Crippen LogP contribution in [0.4, 0.5) is 0 Å². The van der Waals surface area contributed by atoms with E-state index in [0.29, 0.717) is 18.8 Å². The fraction of sp³-hybridized carbons (Fsp3) is 0.471. The van der Waals surface area contributed by atoms with Crippen LogP contribution in [0, 0.1) is 0 Å². The first-order chi connectivity index (χ1) is 11.6. The Labute approximate surface area is 139 Å². The first-order valence-corrected chi connectivity index (χ1v) is 8.20. The van der Waals surface area contributed by atoms with Gasteiger partial charge in [-0.3, -0.25) is 14.3 Å². The first kappa shape index (κ1) is 15.0. The van der Waals surface area contributed by atoms with Gasteiger partial charge < -0.3 is 14.6 Å². The second kappa shape index (κ2) is 5.51. The number of nitrogens with zero attached hydrogens (tertiary/aromatic N) is 3. The predicted octanol–water partition coefficient (Wildman–Crippen LogP) is 1.29. The molecule has 0 aliphatic carbocycles. The standard InChI is InChI=1S/C17H20N4O3/c1-20-11-12(10-18-20)13-9-17(19-15(13)22)4-6-21(7-5-17)16(23)14-3-2-8-24-14/h2-3,8,10-11,13H,4-7,9H2,1H3,(H,19,22)/t13-/m0/s1. The van der Waals surface area contributed by atoms with Crippen LogP contribution in [-0.2, 0) is 11.8 Å². The molecule has 7 nitrogen and oxygen atoms in total. The third-order valence-corrected chi connectivity index (χ3v) is 5.17. The molecule has 7 heteroatoms. The van der Waals surface area contributed by atoms with E-state index in [-0.39, 0.29) is 23.3 Å². The van der Waals surface area contributed by atoms with Gasteiger partial charge in [0.1, 0.15) is 0 Å². The van der Waals surface area contributed by atoms with Crippen molar-refractivity contribution in [1.29, 1.82) is 0 Å². The Bertz CT molecular complexity index is 757. The van der Waals surface area contributed by atoms with E-state index in [4.69, 9.17) is 4.42 Å². The van der Waals surface area contributed by atoms with Crippen LogP contribution >= 0.6 is 0 Å². The molecule has 2 aromatic heterocycles. The average Bonchev–Trinajstić information content (AvgIpc) is 3.29. The summed E-state index contributed by atoms with van der Waals surface area (Å²) >= 11 is 0. The Morgan fingerprint density at radius 1 is 1.42 bits per heavy atom. The molecule has 2 aromatic rings. The minimum atomic E-state index is -0.211. The lowest BCUT2D eigenvalue weighted by Gasteiger charge is -2.39. The van der Waals surface area contributed by atoms with Gasteiger partial charge in [-0.15, -0.1) is 0 Å². The lowest BCUT2D eigenvalue weighted by Crippen LogP contribution is -2.52. The van der Waals surface area contributed by atoms with Gasteiger partial charge in [-0.25, -0.2) is 0 Å². The molecule has 4 rings (SSSR count). The number of likely N-dealkylation sites (tertiary alicyclic amines) is 1. The minimum Gasteiger partial charge on any atom is -0.459 e. The maximum absolute atomic E-state index is 12.4. The van der Waals surface area contributed by atoms with Crippen molar-refractivity contribution < 1.29 is 14.0 Å². The maximum Gasteiger partial charge on any atom is 0.289 e. The third-order valence-electron chi connectivity index (χ3n) is 5.17. The van der Waals surface area contributed by atoms with Crippen LogP contribution in [0.15, 0.2) is 35.2 Å². The highest BCUT2D eigenvalue weighted by Crippen LogP contribution is 2.39. The number of carbonyl (C=O) groups is 2. The van der Waals surface area contributed by atoms with Crippen LogP contribution < -0.4 is 5.32 Å². The molecule has 1 spiro atoms. The molecule has 0 radical (unpaired) electrons. The predicted molar refractivity (Wildman–Crippen MR) is 85.3 cm³/mol. The summed E-state index contributed by atoms with van der Waals surface area (Å²) in [4.78, 5) is 26.6. The van der Waals surface area contributed by atoms with E-state index in [9.17, 15) is 9.59 Å². The minimum absolute atomic E-state index is 0.0637. The Morgan fingerprint density at radius 3 is 2.83 bits per heavy atom. The number of aryl methyl sites for hydroxylation is 1. The van der Waals surface area contributed by atoms with Crippen LogP contribution in [0.5, 0.6) is 0 Å². The van der Waals surface area contributed by atoms with E-state index in [1.165, 1.54) is 6.26 Å². The van der Waals surface area contributed by atoms with Gasteiger partial charge in [0.25, 0.3) is 5.91 Å². The summed E-state index contributed by atoms with van der Waals surface area (Å²) in [7, 11) is 1.85. The molecule has 4 heterocycles. The fourth-order valence-corrected chi connectivity index (χ4v) is 3.80. The lowest BCUT2D eigenvalue weighted by molar-refractivity contribution is -0.121. The number of piperidine rings is 1. The van der Waals surface area contributed by atoms with E-state index < -0.39 is 0 Å². The molecule has 1 N–H and O–H groups in total. The van der Waals surface area contributed by atoms with Crippen LogP contribution in [0.1, 0.15) is 41.3 Å². The third kappa shape index (κ3) is 2.50. The van der Waals surface area contributed by atoms with Crippen molar-refractivity contribution in [3.63, 3.8) is 0 Å². The normalized spacial score (nSPS) is 22.8. The molecular formula is C17H20N4O3. The highest BCUT2D eigenvalue weighted by molar-refractivity contribution is 5.91. The molecular weight excluding hydrogens is 308 g/mol. The molecule has 24 heavy (non-hydrogen) atoms. The van der Waals surface area contributed by atoms with Gasteiger partial charge in [0.05, 0.1) is 18.4 Å². The number of rotatable bonds is 2. The number of carbonyl (C=O) groups excluding carboxylic acids is 2. The van der Waals surface area contributed by atoms with Gasteiger partial charge in [-0.05, 0) is 31.4 Å². The number of amides is 2. The number of aromatic nitrogens is 2. The highest BCUT2D eigenvalue weighted by Gasteiger charge is 2.47. The smallest absolute Gasteiger partial charge is 0.289 e. The maximum atomic E-state index is 12.4. The Hall–Kier alpha value is -2.57. The van der Waals surface area contributed by atoms with Crippen molar-refractivity contribution in [3.8, 4) is 0 Å². The molecule has 126 valence electrons. The van der Waals surface area contributed by atoms with Crippen molar-refractivity contribution in [3.05, 3.63) is 42.1 Å². The zero-order valence-corrected chi connectivity index (χ0v) is 13.6. The van der Waals surface area contributed by atoms with Crippen LogP contribution in [0.3, 0.4) is 0 Å². The molecule has 0 saturated carbocycles. The van der Waals surface area contributed by atoms with Crippen molar-refractivity contribution in [1.82, 2.24) is 20.0 Å². The summed E-state index contributed by atoms with van der Waals surface area (Å²) in [6.45, 7) is 1.25. The molecule has 1 atom stereocenters. The summed E-state index contributed by atoms with van der Waals surface area (Å²) in [6.07, 6.45) is 7.47. The van der Waals surface area contributed by atoms with E-state index >= 15 is 0 Å². The summed E-state index contributed by atoms with van der Waals surface area (Å²) in [5.41, 5.74) is 0.748. The highest BCUT2D eigenvalue weighted by atomic mass is 16.3. The van der Waals surface area contributed by atoms with E-state index in [1.54, 1.807) is 27.9 Å². The Balaban J connectivity index is 1.44. The van der Waals surface area contributed by atoms with E-state index in [2.05, 4.69) is 10.4 Å². The molecule has 2 aliphatic heterocycles. The SMILES string of the molecule is Cn1cc([C@@H]2CC3(CCN(C(=O)c4ccco4)CC3)NC2=O)cn1. The monoisotopic (exact) mass is 328 g/mol. The molecule has 2 aliphatic rings. The van der Waals surface area contributed by atoms with Crippen LogP contribution in [0.2, 0.25) is 0 Å². The molecule has 2 fully saturated rings. The number of furan rings is 1. The van der Waals surface area contributed by atoms with Gasteiger partial charge in [-0.2, -0.15) is 5.10 Å². The van der Waals surface area contributed by atoms with Crippen molar-refractivity contribution >= 4 is 11.8 Å². The summed E-state index contributed by atoms with van der Waals surface area (Å²) in [5, 5.41) is 7.35. The zero-order valence-electron chi connectivity index (χ0n) is 13.6. The number of hydrogen-bond donors (Lipinski definition) is 1. The van der Waals surface area contributed by atoms with Gasteiger partial charge in [-0.1, -0.05) is 0 Å².